The summed E-state index contributed by atoms with van der Waals surface area (Å²) in [6.07, 6.45) is 4.13. The van der Waals surface area contributed by atoms with Crippen LogP contribution in [0.1, 0.15) is 31.4 Å². The number of hydrogen-bond acceptors (Lipinski definition) is 1. The molecule has 0 unspecified atom stereocenters. The summed E-state index contributed by atoms with van der Waals surface area (Å²) >= 11 is 0. The SMILES string of the molecule is CC(C)(Cc1c[nH]c2ccccc12)NC(=O)CCc1ccccc1. The Morgan fingerprint density at radius 1 is 1.04 bits per heavy atom. The maximum atomic E-state index is 12.3. The average molecular weight is 320 g/mol. The highest BCUT2D eigenvalue weighted by molar-refractivity contribution is 5.83. The van der Waals surface area contributed by atoms with Crippen LogP contribution in [0, 0.1) is 0 Å². The van der Waals surface area contributed by atoms with Crippen molar-refractivity contribution in [2.75, 3.05) is 0 Å². The molecule has 0 radical (unpaired) electrons. The molecule has 1 heterocycles. The number of rotatable bonds is 6. The zero-order valence-corrected chi connectivity index (χ0v) is 14.3. The topological polar surface area (TPSA) is 44.9 Å². The van der Waals surface area contributed by atoms with Crippen LogP contribution in [-0.2, 0) is 17.6 Å². The first-order valence-electron chi connectivity index (χ1n) is 8.43. The van der Waals surface area contributed by atoms with Gasteiger partial charge >= 0.3 is 0 Å². The van der Waals surface area contributed by atoms with Crippen molar-refractivity contribution >= 4 is 16.8 Å². The summed E-state index contributed by atoms with van der Waals surface area (Å²) in [4.78, 5) is 15.6. The summed E-state index contributed by atoms with van der Waals surface area (Å²) < 4.78 is 0. The maximum Gasteiger partial charge on any atom is 0.220 e. The molecule has 2 aromatic carbocycles. The number of benzene rings is 2. The molecule has 24 heavy (non-hydrogen) atoms. The lowest BCUT2D eigenvalue weighted by Crippen LogP contribution is -2.45. The van der Waals surface area contributed by atoms with Gasteiger partial charge in [-0.05, 0) is 43.9 Å². The first-order valence-corrected chi connectivity index (χ1v) is 8.43. The van der Waals surface area contributed by atoms with Gasteiger partial charge in [-0.1, -0.05) is 48.5 Å². The summed E-state index contributed by atoms with van der Waals surface area (Å²) in [5.74, 6) is 0.101. The first-order chi connectivity index (χ1) is 11.5. The lowest BCUT2D eigenvalue weighted by atomic mass is 9.94. The Bertz CT molecular complexity index is 818. The van der Waals surface area contributed by atoms with Crippen LogP contribution < -0.4 is 5.32 Å². The minimum atomic E-state index is -0.279. The molecule has 124 valence electrons. The van der Waals surface area contributed by atoms with E-state index < -0.39 is 0 Å². The van der Waals surface area contributed by atoms with E-state index in [2.05, 4.69) is 48.4 Å². The van der Waals surface area contributed by atoms with Crippen molar-refractivity contribution in [3.63, 3.8) is 0 Å². The molecule has 0 saturated carbocycles. The van der Waals surface area contributed by atoms with Crippen molar-refractivity contribution in [3.8, 4) is 0 Å². The predicted octanol–water partition coefficient (Wildman–Crippen LogP) is 4.24. The Hall–Kier alpha value is -2.55. The van der Waals surface area contributed by atoms with Gasteiger partial charge in [-0.3, -0.25) is 4.79 Å². The Balaban J connectivity index is 1.60. The lowest BCUT2D eigenvalue weighted by Gasteiger charge is -2.26. The Labute approximate surface area is 143 Å². The van der Waals surface area contributed by atoms with Crippen LogP contribution in [0.4, 0.5) is 0 Å². The number of amides is 1. The van der Waals surface area contributed by atoms with Gasteiger partial charge in [0.1, 0.15) is 0 Å². The summed E-state index contributed by atoms with van der Waals surface area (Å²) in [6.45, 7) is 4.16. The van der Waals surface area contributed by atoms with E-state index in [1.165, 1.54) is 16.5 Å². The number of aromatic amines is 1. The zero-order valence-electron chi connectivity index (χ0n) is 14.3. The van der Waals surface area contributed by atoms with Crippen molar-refractivity contribution in [1.29, 1.82) is 0 Å². The number of aromatic nitrogens is 1. The second kappa shape index (κ2) is 6.91. The molecule has 0 spiro atoms. The van der Waals surface area contributed by atoms with Gasteiger partial charge in [0.15, 0.2) is 0 Å². The van der Waals surface area contributed by atoms with Gasteiger partial charge in [0.05, 0.1) is 0 Å². The summed E-state index contributed by atoms with van der Waals surface area (Å²) in [5.41, 5.74) is 3.29. The third kappa shape index (κ3) is 4.05. The lowest BCUT2D eigenvalue weighted by molar-refractivity contribution is -0.122. The second-order valence-corrected chi connectivity index (χ2v) is 6.95. The van der Waals surface area contributed by atoms with E-state index >= 15 is 0 Å². The Kier molecular flexibility index (Phi) is 4.70. The van der Waals surface area contributed by atoms with Crippen LogP contribution >= 0.6 is 0 Å². The molecule has 3 nitrogen and oxygen atoms in total. The van der Waals surface area contributed by atoms with Crippen molar-refractivity contribution in [2.45, 2.75) is 38.6 Å². The molecule has 3 rings (SSSR count). The number of carbonyl (C=O) groups excluding carboxylic acids is 1. The Morgan fingerprint density at radius 3 is 2.54 bits per heavy atom. The molecule has 0 saturated heterocycles. The second-order valence-electron chi connectivity index (χ2n) is 6.95. The predicted molar refractivity (Wildman–Crippen MR) is 99.0 cm³/mol. The number of para-hydroxylation sites is 1. The van der Waals surface area contributed by atoms with Gasteiger partial charge in [0.25, 0.3) is 0 Å². The molecule has 0 fully saturated rings. The molecule has 2 N–H and O–H groups in total. The molecule has 1 amide bonds. The van der Waals surface area contributed by atoms with Crippen molar-refractivity contribution in [1.82, 2.24) is 10.3 Å². The Morgan fingerprint density at radius 2 is 1.75 bits per heavy atom. The van der Waals surface area contributed by atoms with Gasteiger partial charge in [-0.2, -0.15) is 0 Å². The summed E-state index contributed by atoms with van der Waals surface area (Å²) in [6, 6.07) is 18.4. The zero-order chi connectivity index (χ0) is 17.0. The molecule has 0 aliphatic rings. The molecule has 1 aromatic heterocycles. The normalized spacial score (nSPS) is 11.6. The van der Waals surface area contributed by atoms with Crippen LogP contribution in [0.25, 0.3) is 10.9 Å². The van der Waals surface area contributed by atoms with Crippen molar-refractivity contribution in [2.24, 2.45) is 0 Å². The quantitative estimate of drug-likeness (QED) is 0.701. The monoisotopic (exact) mass is 320 g/mol. The molecule has 0 aliphatic heterocycles. The number of carbonyl (C=O) groups is 1. The van der Waals surface area contributed by atoms with E-state index in [-0.39, 0.29) is 11.4 Å². The highest BCUT2D eigenvalue weighted by Crippen LogP contribution is 2.22. The van der Waals surface area contributed by atoms with E-state index in [0.717, 1.165) is 18.4 Å². The van der Waals surface area contributed by atoms with Gasteiger partial charge in [-0.15, -0.1) is 0 Å². The number of hydrogen-bond donors (Lipinski definition) is 2. The fourth-order valence-corrected chi connectivity index (χ4v) is 3.14. The van der Waals surface area contributed by atoms with Gasteiger partial charge < -0.3 is 10.3 Å². The molecule has 3 aromatic rings. The largest absolute Gasteiger partial charge is 0.361 e. The van der Waals surface area contributed by atoms with Crippen LogP contribution in [0.3, 0.4) is 0 Å². The van der Waals surface area contributed by atoms with Crippen LogP contribution in [-0.4, -0.2) is 16.4 Å². The highest BCUT2D eigenvalue weighted by Gasteiger charge is 2.22. The molecular weight excluding hydrogens is 296 g/mol. The summed E-state index contributed by atoms with van der Waals surface area (Å²) in [7, 11) is 0. The van der Waals surface area contributed by atoms with E-state index in [0.29, 0.717) is 6.42 Å². The standard InChI is InChI=1S/C21H24N2O/c1-21(2,14-17-15-22-19-11-7-6-10-18(17)19)23-20(24)13-12-16-8-4-3-5-9-16/h3-11,15,22H,12-14H2,1-2H3,(H,23,24). The number of fused-ring (bicyclic) bond motifs is 1. The van der Waals surface area contributed by atoms with E-state index in [1.807, 2.05) is 36.5 Å². The third-order valence-electron chi connectivity index (χ3n) is 4.27. The maximum absolute atomic E-state index is 12.3. The van der Waals surface area contributed by atoms with Crippen molar-refractivity contribution in [3.05, 3.63) is 71.9 Å². The number of H-pyrrole nitrogens is 1. The third-order valence-corrected chi connectivity index (χ3v) is 4.27. The minimum Gasteiger partial charge on any atom is -0.361 e. The van der Waals surface area contributed by atoms with Gasteiger partial charge in [-0.25, -0.2) is 0 Å². The van der Waals surface area contributed by atoms with Gasteiger partial charge in [0.2, 0.25) is 5.91 Å². The summed E-state index contributed by atoms with van der Waals surface area (Å²) in [5, 5.41) is 4.40. The van der Waals surface area contributed by atoms with Crippen LogP contribution in [0.2, 0.25) is 0 Å². The first kappa shape index (κ1) is 16.3. The minimum absolute atomic E-state index is 0.101. The van der Waals surface area contributed by atoms with Gasteiger partial charge in [0, 0.05) is 29.1 Å². The average Bonchev–Trinajstić information content (AvgIpc) is 2.96. The molecular formula is C21H24N2O. The molecule has 0 atom stereocenters. The number of aryl methyl sites for hydroxylation is 1. The van der Waals surface area contributed by atoms with E-state index in [9.17, 15) is 4.79 Å². The molecule has 3 heteroatoms. The smallest absolute Gasteiger partial charge is 0.220 e. The number of nitrogens with one attached hydrogen (secondary N) is 2. The highest BCUT2D eigenvalue weighted by atomic mass is 16.1. The van der Waals surface area contributed by atoms with Crippen LogP contribution in [0.5, 0.6) is 0 Å². The van der Waals surface area contributed by atoms with Crippen molar-refractivity contribution < 1.29 is 4.79 Å². The van der Waals surface area contributed by atoms with Crippen LogP contribution in [0.15, 0.2) is 60.8 Å². The fraction of sp³-hybridized carbons (Fsp3) is 0.286. The fourth-order valence-electron chi connectivity index (χ4n) is 3.14. The van der Waals surface area contributed by atoms with E-state index in [1.54, 1.807) is 0 Å². The van der Waals surface area contributed by atoms with E-state index in [4.69, 9.17) is 0 Å². The molecule has 0 bridgehead atoms. The molecule has 0 aliphatic carbocycles.